The molecule has 0 bridgehead atoms. The van der Waals surface area contributed by atoms with Crippen molar-refractivity contribution < 1.29 is 27.0 Å². The van der Waals surface area contributed by atoms with Crippen LogP contribution in [0.1, 0.15) is 5.56 Å². The Morgan fingerprint density at radius 2 is 1.84 bits per heavy atom. The quantitative estimate of drug-likeness (QED) is 0.376. The van der Waals surface area contributed by atoms with Crippen molar-refractivity contribution in [2.24, 2.45) is 0 Å². The number of allylic oxidation sites excluding steroid dienone is 1. The summed E-state index contributed by atoms with van der Waals surface area (Å²) in [4.78, 5) is 0. The van der Waals surface area contributed by atoms with Crippen LogP contribution in [-0.4, -0.2) is 20.1 Å². The summed E-state index contributed by atoms with van der Waals surface area (Å²) in [5.41, 5.74) is 0.644. The lowest BCUT2D eigenvalue weighted by Gasteiger charge is -2.14. The molecule has 3 nitrogen and oxygen atoms in total. The normalized spacial score (nSPS) is 12.9. The number of halogens is 4. The molecule has 1 N–H and O–H groups in total. The minimum atomic E-state index is -4.92. The average Bonchev–Trinajstić information content (AvgIpc) is 2.36. The Balaban J connectivity index is 2.73. The predicted molar refractivity (Wildman–Crippen MR) is 60.4 cm³/mol. The van der Waals surface area contributed by atoms with Crippen LogP contribution in [0.3, 0.4) is 0 Å². The molecule has 1 rings (SSSR count). The first-order valence-electron chi connectivity index (χ1n) is 5.31. The number of hydrogen-bond donors (Lipinski definition) is 1. The van der Waals surface area contributed by atoms with E-state index in [1.807, 2.05) is 5.32 Å². The van der Waals surface area contributed by atoms with Crippen molar-refractivity contribution in [2.75, 3.05) is 13.9 Å². The number of nitrogens with one attached hydrogen (secondary N) is 1. The van der Waals surface area contributed by atoms with Gasteiger partial charge in [0, 0.05) is 13.7 Å². The summed E-state index contributed by atoms with van der Waals surface area (Å²) in [6, 6.07) is 8.46. The third-order valence-corrected chi connectivity index (χ3v) is 2.07. The Kier molecular flexibility index (Phi) is 5.62. The average molecular weight is 279 g/mol. The second kappa shape index (κ2) is 6.98. The molecule has 7 heteroatoms. The fourth-order valence-corrected chi connectivity index (χ4v) is 1.24. The van der Waals surface area contributed by atoms with Gasteiger partial charge in [-0.25, -0.2) is 0 Å². The summed E-state index contributed by atoms with van der Waals surface area (Å²) in [6.45, 7) is -0.766. The molecule has 19 heavy (non-hydrogen) atoms. The molecule has 0 radical (unpaired) electrons. The third-order valence-electron chi connectivity index (χ3n) is 2.07. The van der Waals surface area contributed by atoms with Crippen molar-refractivity contribution >= 4 is 0 Å². The zero-order valence-corrected chi connectivity index (χ0v) is 10.1. The van der Waals surface area contributed by atoms with Crippen LogP contribution in [0.2, 0.25) is 0 Å². The first-order chi connectivity index (χ1) is 8.95. The predicted octanol–water partition coefficient (Wildman–Crippen LogP) is 3.10. The molecular formula is C12H13F4NO2. The Bertz CT molecular complexity index is 417. The molecule has 1 aromatic carbocycles. The first kappa shape index (κ1) is 15.3. The largest absolute Gasteiger partial charge is 0.459 e. The van der Waals surface area contributed by atoms with Gasteiger partial charge in [-0.3, -0.25) is 0 Å². The maximum Gasteiger partial charge on any atom is 0.453 e. The van der Waals surface area contributed by atoms with E-state index < -0.39 is 24.7 Å². The Morgan fingerprint density at radius 3 is 2.37 bits per heavy atom. The van der Waals surface area contributed by atoms with E-state index in [2.05, 4.69) is 9.47 Å². The molecule has 0 spiro atoms. The van der Waals surface area contributed by atoms with Crippen LogP contribution in [0, 0.1) is 0 Å². The van der Waals surface area contributed by atoms with Crippen LogP contribution in [0.5, 0.6) is 0 Å². The van der Waals surface area contributed by atoms with E-state index >= 15 is 0 Å². The van der Waals surface area contributed by atoms with Gasteiger partial charge >= 0.3 is 6.18 Å². The highest BCUT2D eigenvalue weighted by Gasteiger charge is 2.40. The number of benzene rings is 1. The Labute approximate surface area is 107 Å². The standard InChI is InChI=1S/C12H13F4NO2/c1-18-8-19-10(12(14,15)16)11(13)17-7-9-5-3-2-4-6-9/h2-6,17H,7-8H2,1H3/b11-10+. The molecule has 0 aliphatic heterocycles. The molecule has 0 aromatic heterocycles. The van der Waals surface area contributed by atoms with Crippen molar-refractivity contribution in [3.05, 3.63) is 47.6 Å². The topological polar surface area (TPSA) is 30.5 Å². The minimum absolute atomic E-state index is 0.0808. The molecule has 0 atom stereocenters. The van der Waals surface area contributed by atoms with Gasteiger partial charge < -0.3 is 14.8 Å². The van der Waals surface area contributed by atoms with E-state index in [4.69, 9.17) is 0 Å². The SMILES string of the molecule is COCO/C(=C(\F)NCc1ccccc1)C(F)(F)F. The number of methoxy groups -OCH3 is 1. The van der Waals surface area contributed by atoms with Crippen LogP contribution < -0.4 is 5.32 Å². The second-order valence-corrected chi connectivity index (χ2v) is 3.53. The van der Waals surface area contributed by atoms with Gasteiger partial charge in [0.1, 0.15) is 0 Å². The molecular weight excluding hydrogens is 266 g/mol. The molecule has 0 fully saturated rings. The smallest absolute Gasteiger partial charge is 0.453 e. The fourth-order valence-electron chi connectivity index (χ4n) is 1.24. The van der Waals surface area contributed by atoms with Gasteiger partial charge in [-0.2, -0.15) is 17.6 Å². The molecule has 0 saturated carbocycles. The van der Waals surface area contributed by atoms with E-state index in [1.54, 1.807) is 30.3 Å². The molecule has 0 heterocycles. The van der Waals surface area contributed by atoms with Gasteiger partial charge in [-0.05, 0) is 5.56 Å². The molecule has 0 saturated heterocycles. The van der Waals surface area contributed by atoms with E-state index in [-0.39, 0.29) is 6.54 Å². The molecule has 0 amide bonds. The number of rotatable bonds is 6. The highest BCUT2D eigenvalue weighted by atomic mass is 19.4. The van der Waals surface area contributed by atoms with Crippen molar-refractivity contribution in [2.45, 2.75) is 12.7 Å². The highest BCUT2D eigenvalue weighted by Crippen LogP contribution is 2.29. The lowest BCUT2D eigenvalue weighted by Crippen LogP contribution is -2.23. The van der Waals surface area contributed by atoms with Crippen molar-refractivity contribution in [1.82, 2.24) is 5.32 Å². The molecule has 0 aliphatic rings. The summed E-state index contributed by atoms with van der Waals surface area (Å²) in [6.07, 6.45) is -4.92. The van der Waals surface area contributed by atoms with Crippen LogP contribution in [-0.2, 0) is 16.0 Å². The lowest BCUT2D eigenvalue weighted by molar-refractivity contribution is -0.152. The van der Waals surface area contributed by atoms with Gasteiger partial charge in [0.25, 0.3) is 5.76 Å². The third kappa shape index (κ3) is 5.17. The van der Waals surface area contributed by atoms with E-state index in [0.29, 0.717) is 5.56 Å². The van der Waals surface area contributed by atoms with Gasteiger partial charge in [0.2, 0.25) is 5.95 Å². The zero-order valence-electron chi connectivity index (χ0n) is 10.1. The summed E-state index contributed by atoms with van der Waals surface area (Å²) in [5.74, 6) is -3.31. The summed E-state index contributed by atoms with van der Waals surface area (Å²) < 4.78 is 59.5. The number of ether oxygens (including phenoxy) is 2. The van der Waals surface area contributed by atoms with Crippen LogP contribution >= 0.6 is 0 Å². The maximum absolute atomic E-state index is 13.4. The number of alkyl halides is 3. The summed E-state index contributed by atoms with van der Waals surface area (Å²) in [5, 5.41) is 2.03. The first-order valence-corrected chi connectivity index (χ1v) is 5.31. The second-order valence-electron chi connectivity index (χ2n) is 3.53. The van der Waals surface area contributed by atoms with Crippen molar-refractivity contribution in [3.63, 3.8) is 0 Å². The maximum atomic E-state index is 13.4. The van der Waals surface area contributed by atoms with E-state index in [0.717, 1.165) is 7.11 Å². The molecule has 1 aromatic rings. The lowest BCUT2D eigenvalue weighted by atomic mass is 10.2. The monoisotopic (exact) mass is 279 g/mol. The van der Waals surface area contributed by atoms with Crippen molar-refractivity contribution in [1.29, 1.82) is 0 Å². The Morgan fingerprint density at radius 1 is 1.21 bits per heavy atom. The van der Waals surface area contributed by atoms with Crippen molar-refractivity contribution in [3.8, 4) is 0 Å². The summed E-state index contributed by atoms with van der Waals surface area (Å²) >= 11 is 0. The number of hydrogen-bond acceptors (Lipinski definition) is 3. The van der Waals surface area contributed by atoms with E-state index in [1.165, 1.54) is 0 Å². The van der Waals surface area contributed by atoms with Gasteiger partial charge in [0.15, 0.2) is 6.79 Å². The van der Waals surface area contributed by atoms with Crippen LogP contribution in [0.25, 0.3) is 0 Å². The highest BCUT2D eigenvalue weighted by molar-refractivity contribution is 5.15. The summed E-state index contributed by atoms with van der Waals surface area (Å²) in [7, 11) is 1.14. The molecule has 0 unspecified atom stereocenters. The van der Waals surface area contributed by atoms with Crippen LogP contribution in [0.4, 0.5) is 17.6 Å². The molecule has 0 aliphatic carbocycles. The molecule has 106 valence electrons. The van der Waals surface area contributed by atoms with E-state index in [9.17, 15) is 17.6 Å². The zero-order chi connectivity index (χ0) is 14.3. The van der Waals surface area contributed by atoms with Gasteiger partial charge in [-0.1, -0.05) is 30.3 Å². The minimum Gasteiger partial charge on any atom is -0.459 e. The van der Waals surface area contributed by atoms with Crippen LogP contribution in [0.15, 0.2) is 42.0 Å². The Hall–Kier alpha value is -1.76. The fraction of sp³-hybridized carbons (Fsp3) is 0.333. The van der Waals surface area contributed by atoms with Gasteiger partial charge in [-0.15, -0.1) is 0 Å². The van der Waals surface area contributed by atoms with Gasteiger partial charge in [0.05, 0.1) is 0 Å².